The Morgan fingerprint density at radius 2 is 1.89 bits per heavy atom. The van der Waals surface area contributed by atoms with Crippen LogP contribution in [0.25, 0.3) is 22.0 Å². The lowest BCUT2D eigenvalue weighted by Gasteiger charge is -2.13. The second-order valence-corrected chi connectivity index (χ2v) is 5.88. The maximum Gasteiger partial charge on any atom is 0.322 e. The largest absolute Gasteiger partial charge is 0.506 e. The molecule has 1 heterocycles. The average molecular weight is 370 g/mol. The molecule has 0 aliphatic rings. The fourth-order valence-corrected chi connectivity index (χ4v) is 2.84. The van der Waals surface area contributed by atoms with Gasteiger partial charge in [-0.15, -0.1) is 0 Å². The number of carbonyl (C=O) groups is 2. The third kappa shape index (κ3) is 3.24. The fourth-order valence-electron chi connectivity index (χ4n) is 2.84. The van der Waals surface area contributed by atoms with Gasteiger partial charge in [-0.3, -0.25) is 14.4 Å². The van der Waals surface area contributed by atoms with E-state index in [1.54, 1.807) is 24.3 Å². The molecule has 138 valence electrons. The Labute approximate surface area is 152 Å². The number of carbonyl (C=O) groups excluding carboxylic acids is 1. The summed E-state index contributed by atoms with van der Waals surface area (Å²) in [6.07, 6.45) is 0. The molecule has 0 aliphatic heterocycles. The molecule has 27 heavy (non-hydrogen) atoms. The average Bonchev–Trinajstić information content (AvgIpc) is 2.64. The summed E-state index contributed by atoms with van der Waals surface area (Å²) in [5.41, 5.74) is -0.262. The lowest BCUT2D eigenvalue weighted by Crippen LogP contribution is -2.35. The molecule has 1 aromatic heterocycles. The van der Waals surface area contributed by atoms with E-state index in [2.05, 4.69) is 5.32 Å². The standard InChI is InChI=1S/C19H15FN2O5/c1-22-14-7-6-10(11-4-2-3-5-13(11)20)8-12(14)17(25)16(19(22)27)18(26)21-9-15(23)24/h2-8,25H,9H2,1H3,(H,21,26)(H,23,24). The highest BCUT2D eigenvalue weighted by Crippen LogP contribution is 2.31. The van der Waals surface area contributed by atoms with Crippen molar-refractivity contribution in [2.24, 2.45) is 7.05 Å². The third-order valence-corrected chi connectivity index (χ3v) is 4.18. The number of aromatic nitrogens is 1. The van der Waals surface area contributed by atoms with Crippen molar-refractivity contribution in [2.75, 3.05) is 6.54 Å². The Balaban J connectivity index is 2.22. The van der Waals surface area contributed by atoms with E-state index in [0.29, 0.717) is 16.6 Å². The van der Waals surface area contributed by atoms with Crippen LogP contribution in [-0.2, 0) is 11.8 Å². The number of pyridine rings is 1. The van der Waals surface area contributed by atoms with Crippen LogP contribution < -0.4 is 10.9 Å². The van der Waals surface area contributed by atoms with Crippen molar-refractivity contribution in [1.82, 2.24) is 9.88 Å². The summed E-state index contributed by atoms with van der Waals surface area (Å²) in [5.74, 6) is -3.34. The van der Waals surface area contributed by atoms with E-state index in [1.165, 1.54) is 25.2 Å². The smallest absolute Gasteiger partial charge is 0.322 e. The number of fused-ring (bicyclic) bond motifs is 1. The van der Waals surface area contributed by atoms with Crippen LogP contribution in [-0.4, -0.2) is 33.2 Å². The van der Waals surface area contributed by atoms with Gasteiger partial charge in [0.1, 0.15) is 23.7 Å². The summed E-state index contributed by atoms with van der Waals surface area (Å²) in [7, 11) is 1.42. The van der Waals surface area contributed by atoms with Crippen molar-refractivity contribution in [3.05, 3.63) is 64.2 Å². The lowest BCUT2D eigenvalue weighted by molar-refractivity contribution is -0.135. The molecule has 3 N–H and O–H groups in total. The van der Waals surface area contributed by atoms with Crippen LogP contribution in [0.1, 0.15) is 10.4 Å². The Bertz CT molecular complexity index is 1140. The molecule has 0 aliphatic carbocycles. The molecule has 0 atom stereocenters. The van der Waals surface area contributed by atoms with E-state index >= 15 is 0 Å². The van der Waals surface area contributed by atoms with Crippen molar-refractivity contribution >= 4 is 22.8 Å². The Kier molecular flexibility index (Phi) is 4.64. The molecule has 2 aromatic carbocycles. The molecular weight excluding hydrogens is 355 g/mol. The quantitative estimate of drug-likeness (QED) is 0.650. The molecule has 3 rings (SSSR count). The van der Waals surface area contributed by atoms with E-state index in [0.717, 1.165) is 4.57 Å². The number of halogens is 1. The highest BCUT2D eigenvalue weighted by molar-refractivity contribution is 6.03. The first-order valence-electron chi connectivity index (χ1n) is 7.92. The van der Waals surface area contributed by atoms with Crippen molar-refractivity contribution in [3.63, 3.8) is 0 Å². The Hall–Kier alpha value is -3.68. The number of amides is 1. The monoisotopic (exact) mass is 370 g/mol. The summed E-state index contributed by atoms with van der Waals surface area (Å²) in [6, 6.07) is 10.7. The van der Waals surface area contributed by atoms with Gasteiger partial charge < -0.3 is 20.1 Å². The summed E-state index contributed by atoms with van der Waals surface area (Å²) in [6.45, 7) is -0.700. The van der Waals surface area contributed by atoms with Gasteiger partial charge in [0.05, 0.1) is 5.52 Å². The molecule has 8 heteroatoms. The van der Waals surface area contributed by atoms with Crippen LogP contribution in [0, 0.1) is 5.82 Å². The second kappa shape index (κ2) is 6.91. The first-order chi connectivity index (χ1) is 12.8. The van der Waals surface area contributed by atoms with E-state index in [4.69, 9.17) is 5.11 Å². The zero-order valence-corrected chi connectivity index (χ0v) is 14.2. The minimum Gasteiger partial charge on any atom is -0.506 e. The number of aliphatic carboxylic acids is 1. The zero-order chi connectivity index (χ0) is 19.7. The van der Waals surface area contributed by atoms with E-state index < -0.39 is 41.1 Å². The van der Waals surface area contributed by atoms with Crippen LogP contribution in [0.2, 0.25) is 0 Å². The van der Waals surface area contributed by atoms with E-state index in [1.807, 2.05) is 0 Å². The van der Waals surface area contributed by atoms with Crippen LogP contribution in [0.5, 0.6) is 5.75 Å². The normalized spacial score (nSPS) is 10.7. The van der Waals surface area contributed by atoms with Crippen molar-refractivity contribution in [2.45, 2.75) is 0 Å². The number of hydrogen-bond donors (Lipinski definition) is 3. The first kappa shape index (κ1) is 18.1. The Morgan fingerprint density at radius 3 is 2.56 bits per heavy atom. The topological polar surface area (TPSA) is 109 Å². The number of aryl methyl sites for hydroxylation is 1. The predicted molar refractivity (Wildman–Crippen MR) is 96.2 cm³/mol. The summed E-state index contributed by atoms with van der Waals surface area (Å²) in [4.78, 5) is 35.2. The summed E-state index contributed by atoms with van der Waals surface area (Å²) < 4.78 is 15.2. The fraction of sp³-hybridized carbons (Fsp3) is 0.105. The number of nitrogens with one attached hydrogen (secondary N) is 1. The first-order valence-corrected chi connectivity index (χ1v) is 7.92. The van der Waals surface area contributed by atoms with Crippen molar-refractivity contribution < 1.29 is 24.2 Å². The number of benzene rings is 2. The van der Waals surface area contributed by atoms with Crippen LogP contribution in [0.15, 0.2) is 47.3 Å². The van der Waals surface area contributed by atoms with Crippen LogP contribution in [0.4, 0.5) is 4.39 Å². The van der Waals surface area contributed by atoms with Gasteiger partial charge >= 0.3 is 5.97 Å². The molecule has 0 saturated heterocycles. The number of aromatic hydroxyl groups is 1. The number of carboxylic acids is 1. The molecule has 0 unspecified atom stereocenters. The Morgan fingerprint density at radius 1 is 1.19 bits per heavy atom. The molecular formula is C19H15FN2O5. The van der Waals surface area contributed by atoms with Gasteiger partial charge in [-0.2, -0.15) is 0 Å². The predicted octanol–water partition coefficient (Wildman–Crippen LogP) is 1.86. The minimum absolute atomic E-state index is 0.165. The van der Waals surface area contributed by atoms with Gasteiger partial charge in [-0.25, -0.2) is 4.39 Å². The third-order valence-electron chi connectivity index (χ3n) is 4.18. The van der Waals surface area contributed by atoms with E-state index in [9.17, 15) is 23.9 Å². The van der Waals surface area contributed by atoms with Gasteiger partial charge in [0.25, 0.3) is 11.5 Å². The van der Waals surface area contributed by atoms with Gasteiger partial charge in [0.15, 0.2) is 0 Å². The molecule has 7 nitrogen and oxygen atoms in total. The minimum atomic E-state index is -1.29. The number of rotatable bonds is 4. The highest BCUT2D eigenvalue weighted by atomic mass is 19.1. The highest BCUT2D eigenvalue weighted by Gasteiger charge is 2.22. The van der Waals surface area contributed by atoms with Crippen LogP contribution in [0.3, 0.4) is 0 Å². The van der Waals surface area contributed by atoms with Gasteiger partial charge in [-0.05, 0) is 23.8 Å². The van der Waals surface area contributed by atoms with Crippen LogP contribution >= 0.6 is 0 Å². The SMILES string of the molecule is Cn1c(=O)c(C(=O)NCC(=O)O)c(O)c2cc(-c3ccccc3F)ccc21. The van der Waals surface area contributed by atoms with Gasteiger partial charge in [-0.1, -0.05) is 24.3 Å². The molecule has 0 spiro atoms. The summed E-state index contributed by atoms with van der Waals surface area (Å²) >= 11 is 0. The van der Waals surface area contributed by atoms with Crippen molar-refractivity contribution in [3.8, 4) is 16.9 Å². The molecule has 0 radical (unpaired) electrons. The lowest BCUT2D eigenvalue weighted by atomic mass is 10.0. The number of carboxylic acid groups (broad SMARTS) is 1. The molecule has 0 fully saturated rings. The molecule has 1 amide bonds. The maximum absolute atomic E-state index is 14.1. The van der Waals surface area contributed by atoms with Crippen molar-refractivity contribution in [1.29, 1.82) is 0 Å². The molecule has 3 aromatic rings. The zero-order valence-electron chi connectivity index (χ0n) is 14.2. The molecule has 0 bridgehead atoms. The second-order valence-electron chi connectivity index (χ2n) is 5.88. The number of nitrogens with zero attached hydrogens (tertiary/aromatic N) is 1. The summed E-state index contributed by atoms with van der Waals surface area (Å²) in [5, 5.41) is 21.4. The number of hydrogen-bond acceptors (Lipinski definition) is 4. The molecule has 0 saturated carbocycles. The maximum atomic E-state index is 14.1. The van der Waals surface area contributed by atoms with Gasteiger partial charge in [0, 0.05) is 18.0 Å². The van der Waals surface area contributed by atoms with E-state index in [-0.39, 0.29) is 5.39 Å². The van der Waals surface area contributed by atoms with Gasteiger partial charge in [0.2, 0.25) is 0 Å².